The van der Waals surface area contributed by atoms with Crippen LogP contribution in [0.25, 0.3) is 0 Å². The normalized spacial score (nSPS) is 14.3. The molecule has 0 saturated heterocycles. The highest BCUT2D eigenvalue weighted by Gasteiger charge is 2.33. The van der Waals surface area contributed by atoms with Crippen molar-refractivity contribution in [3.8, 4) is 0 Å². The van der Waals surface area contributed by atoms with E-state index in [4.69, 9.17) is 5.11 Å². The molecule has 1 fully saturated rings. The summed E-state index contributed by atoms with van der Waals surface area (Å²) in [5.41, 5.74) is 1.32. The van der Waals surface area contributed by atoms with Crippen molar-refractivity contribution in [3.63, 3.8) is 0 Å². The molecule has 1 aliphatic rings. The molecule has 110 valence electrons. The molecule has 5 heteroatoms. The third-order valence-corrected chi connectivity index (χ3v) is 4.60. The molecule has 0 atom stereocenters. The van der Waals surface area contributed by atoms with Gasteiger partial charge in [0, 0.05) is 22.2 Å². The maximum Gasteiger partial charge on any atom is 0.323 e. The summed E-state index contributed by atoms with van der Waals surface area (Å²) in [7, 11) is 0. The van der Waals surface area contributed by atoms with Crippen molar-refractivity contribution in [1.29, 1.82) is 0 Å². The number of hydrogen-bond acceptors (Lipinski definition) is 3. The molecule has 1 aliphatic carbocycles. The zero-order valence-corrected chi connectivity index (χ0v) is 12.8. The Balaban J connectivity index is 1.81. The number of rotatable bonds is 7. The molecule has 20 heavy (non-hydrogen) atoms. The minimum atomic E-state index is -0.922. The summed E-state index contributed by atoms with van der Waals surface area (Å²) in [6.07, 6.45) is 4.02. The van der Waals surface area contributed by atoms with Crippen LogP contribution in [-0.4, -0.2) is 34.5 Å². The second-order valence-electron chi connectivity index (χ2n) is 5.44. The van der Waals surface area contributed by atoms with E-state index >= 15 is 0 Å². The van der Waals surface area contributed by atoms with Gasteiger partial charge in [0.05, 0.1) is 0 Å². The lowest BCUT2D eigenvalue weighted by Gasteiger charge is -2.20. The van der Waals surface area contributed by atoms with Crippen molar-refractivity contribution in [2.75, 3.05) is 6.54 Å². The second kappa shape index (κ2) is 6.39. The Morgan fingerprint density at radius 2 is 2.10 bits per heavy atom. The second-order valence-corrected chi connectivity index (χ2v) is 6.90. The van der Waals surface area contributed by atoms with Crippen molar-refractivity contribution >= 4 is 23.2 Å². The Kier molecular flexibility index (Phi) is 4.81. The van der Waals surface area contributed by atoms with E-state index in [1.54, 1.807) is 11.3 Å². The molecule has 0 unspecified atom stereocenters. The fraction of sp³-hybridized carbons (Fsp3) is 0.600. The number of carbonyl (C=O) groups excluding carboxylic acids is 1. The van der Waals surface area contributed by atoms with Crippen LogP contribution in [0.1, 0.15) is 41.0 Å². The van der Waals surface area contributed by atoms with Crippen molar-refractivity contribution < 1.29 is 14.7 Å². The molecule has 1 heterocycles. The van der Waals surface area contributed by atoms with E-state index in [-0.39, 0.29) is 18.5 Å². The van der Waals surface area contributed by atoms with Gasteiger partial charge in [-0.1, -0.05) is 0 Å². The standard InChI is InChI=1S/C15H21NO3S/c1-10-8-12(11(2)20-10)4-3-5-14(17)16(9-15(18)19)13-6-7-13/h8,13H,3-7,9H2,1-2H3,(H,18,19). The number of amides is 1. The molecule has 0 aromatic carbocycles. The molecule has 1 amide bonds. The van der Waals surface area contributed by atoms with Crippen molar-refractivity contribution in [3.05, 3.63) is 21.4 Å². The maximum atomic E-state index is 12.1. The zero-order chi connectivity index (χ0) is 14.7. The smallest absolute Gasteiger partial charge is 0.323 e. The van der Waals surface area contributed by atoms with Crippen molar-refractivity contribution in [1.82, 2.24) is 4.90 Å². The van der Waals surface area contributed by atoms with Crippen molar-refractivity contribution in [2.45, 2.75) is 52.0 Å². The van der Waals surface area contributed by atoms with Gasteiger partial charge in [-0.25, -0.2) is 0 Å². The fourth-order valence-electron chi connectivity index (χ4n) is 2.46. The zero-order valence-electron chi connectivity index (χ0n) is 12.0. The monoisotopic (exact) mass is 295 g/mol. The number of aliphatic carboxylic acids is 1. The van der Waals surface area contributed by atoms with Crippen LogP contribution in [0.3, 0.4) is 0 Å². The molecule has 1 N–H and O–H groups in total. The predicted octanol–water partition coefficient (Wildman–Crippen LogP) is 2.76. The van der Waals surface area contributed by atoms with E-state index in [1.165, 1.54) is 20.2 Å². The van der Waals surface area contributed by atoms with E-state index in [9.17, 15) is 9.59 Å². The number of aryl methyl sites for hydroxylation is 3. The number of hydrogen-bond donors (Lipinski definition) is 1. The van der Waals surface area contributed by atoms with Gasteiger partial charge in [-0.3, -0.25) is 9.59 Å². The van der Waals surface area contributed by atoms with Gasteiger partial charge in [-0.15, -0.1) is 11.3 Å². The van der Waals surface area contributed by atoms with Crippen LogP contribution in [0, 0.1) is 13.8 Å². The molecule has 1 aromatic rings. The Morgan fingerprint density at radius 1 is 1.40 bits per heavy atom. The van der Waals surface area contributed by atoms with Gasteiger partial charge in [-0.05, 0) is 51.2 Å². The average molecular weight is 295 g/mol. The summed E-state index contributed by atoms with van der Waals surface area (Å²) in [6, 6.07) is 2.35. The summed E-state index contributed by atoms with van der Waals surface area (Å²) < 4.78 is 0. The summed E-state index contributed by atoms with van der Waals surface area (Å²) in [6.45, 7) is 4.05. The van der Waals surface area contributed by atoms with Gasteiger partial charge in [0.15, 0.2) is 0 Å². The Morgan fingerprint density at radius 3 is 2.60 bits per heavy atom. The first-order chi connectivity index (χ1) is 9.47. The Bertz CT molecular complexity index is 505. The first kappa shape index (κ1) is 15.0. The lowest BCUT2D eigenvalue weighted by molar-refractivity contribution is -0.144. The van der Waals surface area contributed by atoms with Crippen LogP contribution in [0.5, 0.6) is 0 Å². The van der Waals surface area contributed by atoms with Gasteiger partial charge in [0.25, 0.3) is 0 Å². The highest BCUT2D eigenvalue weighted by Crippen LogP contribution is 2.28. The highest BCUT2D eigenvalue weighted by atomic mass is 32.1. The lowest BCUT2D eigenvalue weighted by atomic mass is 10.1. The van der Waals surface area contributed by atoms with Gasteiger partial charge in [0.1, 0.15) is 6.54 Å². The minimum absolute atomic E-state index is 0.0143. The molecule has 0 aliphatic heterocycles. The van der Waals surface area contributed by atoms with Crippen LogP contribution >= 0.6 is 11.3 Å². The summed E-state index contributed by atoms with van der Waals surface area (Å²) >= 11 is 1.78. The van der Waals surface area contributed by atoms with Crippen LogP contribution < -0.4 is 0 Å². The van der Waals surface area contributed by atoms with E-state index < -0.39 is 5.97 Å². The van der Waals surface area contributed by atoms with Crippen molar-refractivity contribution in [2.24, 2.45) is 0 Å². The molecule has 0 radical (unpaired) electrons. The SMILES string of the molecule is Cc1cc(CCCC(=O)N(CC(=O)O)C2CC2)c(C)s1. The van der Waals surface area contributed by atoms with Gasteiger partial charge in [-0.2, -0.15) is 0 Å². The van der Waals surface area contributed by atoms with Crippen LogP contribution in [0.2, 0.25) is 0 Å². The largest absolute Gasteiger partial charge is 0.480 e. The Hall–Kier alpha value is -1.36. The molecule has 4 nitrogen and oxygen atoms in total. The number of carboxylic acid groups (broad SMARTS) is 1. The number of carbonyl (C=O) groups is 2. The first-order valence-electron chi connectivity index (χ1n) is 7.04. The van der Waals surface area contributed by atoms with Gasteiger partial charge in [0.2, 0.25) is 5.91 Å². The third kappa shape index (κ3) is 4.07. The lowest BCUT2D eigenvalue weighted by Crippen LogP contribution is -2.37. The number of nitrogens with zero attached hydrogens (tertiary/aromatic N) is 1. The van der Waals surface area contributed by atoms with Crippen LogP contribution in [-0.2, 0) is 16.0 Å². The highest BCUT2D eigenvalue weighted by molar-refractivity contribution is 7.12. The molecule has 0 bridgehead atoms. The molecule has 0 spiro atoms. The first-order valence-corrected chi connectivity index (χ1v) is 7.86. The van der Waals surface area contributed by atoms with E-state index in [1.807, 2.05) is 0 Å². The summed E-state index contributed by atoms with van der Waals surface area (Å²) in [5.74, 6) is -0.936. The van der Waals surface area contributed by atoms with Gasteiger partial charge >= 0.3 is 5.97 Å². The molecule has 2 rings (SSSR count). The maximum absolute atomic E-state index is 12.1. The Labute approximate surface area is 123 Å². The van der Waals surface area contributed by atoms with E-state index in [0.717, 1.165) is 25.7 Å². The van der Waals surface area contributed by atoms with Gasteiger partial charge < -0.3 is 10.0 Å². The minimum Gasteiger partial charge on any atom is -0.480 e. The summed E-state index contributed by atoms with van der Waals surface area (Å²) in [5, 5.41) is 8.86. The summed E-state index contributed by atoms with van der Waals surface area (Å²) in [4.78, 5) is 27.1. The molecule has 1 saturated carbocycles. The number of thiophene rings is 1. The van der Waals surface area contributed by atoms with E-state index in [0.29, 0.717) is 6.42 Å². The fourth-order valence-corrected chi connectivity index (χ4v) is 3.43. The topological polar surface area (TPSA) is 57.6 Å². The molecular weight excluding hydrogens is 274 g/mol. The molecular formula is C15H21NO3S. The molecule has 1 aromatic heterocycles. The number of carboxylic acids is 1. The predicted molar refractivity (Wildman–Crippen MR) is 79.1 cm³/mol. The quantitative estimate of drug-likeness (QED) is 0.841. The third-order valence-electron chi connectivity index (χ3n) is 3.59. The van der Waals surface area contributed by atoms with Crippen LogP contribution in [0.15, 0.2) is 6.07 Å². The van der Waals surface area contributed by atoms with E-state index in [2.05, 4.69) is 19.9 Å². The average Bonchev–Trinajstić information content (AvgIpc) is 3.13. The van der Waals surface area contributed by atoms with Crippen LogP contribution in [0.4, 0.5) is 0 Å².